The van der Waals surface area contributed by atoms with Crippen molar-refractivity contribution in [2.75, 3.05) is 26.8 Å². The van der Waals surface area contributed by atoms with Gasteiger partial charge in [-0.1, -0.05) is 19.0 Å². The molecule has 8 heteroatoms. The average molecular weight is 378 g/mol. The molecule has 2 aliphatic rings. The molecule has 3 atom stereocenters. The van der Waals surface area contributed by atoms with Crippen LogP contribution in [0.15, 0.2) is 4.52 Å². The van der Waals surface area contributed by atoms with E-state index in [1.807, 2.05) is 18.7 Å². The number of nitrogens with one attached hydrogen (secondary N) is 1. The van der Waals surface area contributed by atoms with Crippen molar-refractivity contribution < 1.29 is 18.8 Å². The lowest BCUT2D eigenvalue weighted by Gasteiger charge is -2.26. The summed E-state index contributed by atoms with van der Waals surface area (Å²) in [5.41, 5.74) is -0.392. The first-order valence-electron chi connectivity index (χ1n) is 9.81. The van der Waals surface area contributed by atoms with E-state index in [0.29, 0.717) is 31.2 Å². The first-order chi connectivity index (χ1) is 12.9. The van der Waals surface area contributed by atoms with Gasteiger partial charge in [0.2, 0.25) is 17.7 Å². The van der Waals surface area contributed by atoms with Crippen LogP contribution in [0.2, 0.25) is 0 Å². The molecule has 0 radical (unpaired) electrons. The fraction of sp³-hybridized carbons (Fsp3) is 0.789. The molecule has 150 valence electrons. The van der Waals surface area contributed by atoms with Gasteiger partial charge in [0, 0.05) is 32.2 Å². The lowest BCUT2D eigenvalue weighted by Crippen LogP contribution is -2.41. The number of nitrogens with zero attached hydrogens (tertiary/aromatic N) is 3. The fourth-order valence-corrected chi connectivity index (χ4v) is 4.69. The molecule has 1 aliphatic carbocycles. The average Bonchev–Trinajstić information content (AvgIpc) is 3.28. The summed E-state index contributed by atoms with van der Waals surface area (Å²) in [6, 6.07) is 0.0648. The van der Waals surface area contributed by atoms with E-state index >= 15 is 0 Å². The zero-order valence-electron chi connectivity index (χ0n) is 16.7. The van der Waals surface area contributed by atoms with Gasteiger partial charge in [-0.15, -0.1) is 0 Å². The van der Waals surface area contributed by atoms with Crippen LogP contribution in [0.5, 0.6) is 0 Å². The van der Waals surface area contributed by atoms with Crippen LogP contribution in [-0.4, -0.2) is 59.7 Å². The minimum Gasteiger partial charge on any atom is -0.375 e. The van der Waals surface area contributed by atoms with Crippen LogP contribution >= 0.6 is 0 Å². The highest BCUT2D eigenvalue weighted by Gasteiger charge is 2.58. The Morgan fingerprint density at radius 1 is 1.41 bits per heavy atom. The van der Waals surface area contributed by atoms with Gasteiger partial charge in [-0.25, -0.2) is 0 Å². The van der Waals surface area contributed by atoms with E-state index in [1.165, 1.54) is 7.11 Å². The topological polar surface area (TPSA) is 97.6 Å². The first kappa shape index (κ1) is 19.8. The first-order valence-corrected chi connectivity index (χ1v) is 9.81. The molecule has 1 aromatic rings. The number of amides is 2. The number of hydrogen-bond donors (Lipinski definition) is 1. The van der Waals surface area contributed by atoms with E-state index in [-0.39, 0.29) is 36.3 Å². The summed E-state index contributed by atoms with van der Waals surface area (Å²) in [5.74, 6) is 1.49. The van der Waals surface area contributed by atoms with Gasteiger partial charge < -0.3 is 19.5 Å². The summed E-state index contributed by atoms with van der Waals surface area (Å²) < 4.78 is 10.5. The Balaban J connectivity index is 1.79. The number of methoxy groups -OCH3 is 1. The van der Waals surface area contributed by atoms with E-state index in [2.05, 4.69) is 15.5 Å². The lowest BCUT2D eigenvalue weighted by atomic mass is 9.80. The molecule has 1 saturated carbocycles. The molecule has 1 aromatic heterocycles. The van der Waals surface area contributed by atoms with Gasteiger partial charge >= 0.3 is 0 Å². The molecule has 3 rings (SSSR count). The van der Waals surface area contributed by atoms with E-state index in [1.54, 1.807) is 6.92 Å². The zero-order valence-corrected chi connectivity index (χ0v) is 16.7. The van der Waals surface area contributed by atoms with Crippen LogP contribution in [0.4, 0.5) is 0 Å². The molecule has 1 aliphatic heterocycles. The summed E-state index contributed by atoms with van der Waals surface area (Å²) >= 11 is 0. The number of likely N-dealkylation sites (tertiary alicyclic amines) is 1. The molecular weight excluding hydrogens is 348 g/mol. The molecule has 0 bridgehead atoms. The minimum absolute atomic E-state index is 0.0277. The second-order valence-corrected chi connectivity index (χ2v) is 7.87. The Labute approximate surface area is 160 Å². The number of carbonyl (C=O) groups excluding carboxylic acids is 2. The quantitative estimate of drug-likeness (QED) is 0.771. The molecule has 27 heavy (non-hydrogen) atoms. The van der Waals surface area contributed by atoms with Crippen LogP contribution in [0.25, 0.3) is 0 Å². The van der Waals surface area contributed by atoms with Crippen LogP contribution in [0, 0.1) is 18.8 Å². The van der Waals surface area contributed by atoms with Crippen LogP contribution in [-0.2, 0) is 19.7 Å². The predicted molar refractivity (Wildman–Crippen MR) is 97.9 cm³/mol. The number of fused-ring (bicyclic) bond motifs is 1. The van der Waals surface area contributed by atoms with E-state index in [4.69, 9.17) is 9.26 Å². The summed E-state index contributed by atoms with van der Waals surface area (Å²) in [7, 11) is 1.52. The molecule has 1 N–H and O–H groups in total. The van der Waals surface area contributed by atoms with E-state index in [9.17, 15) is 9.59 Å². The zero-order chi connectivity index (χ0) is 19.6. The largest absolute Gasteiger partial charge is 0.375 e. The number of aryl methyl sites for hydroxylation is 1. The van der Waals surface area contributed by atoms with Crippen molar-refractivity contribution in [3.8, 4) is 0 Å². The maximum atomic E-state index is 12.5. The molecule has 1 saturated heterocycles. The number of carbonyl (C=O) groups is 2. The van der Waals surface area contributed by atoms with E-state index in [0.717, 1.165) is 19.3 Å². The molecule has 1 unspecified atom stereocenters. The van der Waals surface area contributed by atoms with Crippen molar-refractivity contribution in [1.82, 2.24) is 20.4 Å². The van der Waals surface area contributed by atoms with Crippen molar-refractivity contribution in [3.05, 3.63) is 11.7 Å². The van der Waals surface area contributed by atoms with Gasteiger partial charge in [0.15, 0.2) is 5.82 Å². The minimum atomic E-state index is -0.392. The number of ether oxygens (including phenoxy) is 1. The molecule has 0 aromatic carbocycles. The number of rotatable bonds is 7. The van der Waals surface area contributed by atoms with Gasteiger partial charge in [-0.3, -0.25) is 9.59 Å². The Morgan fingerprint density at radius 2 is 2.15 bits per heavy atom. The van der Waals surface area contributed by atoms with Crippen molar-refractivity contribution in [2.24, 2.45) is 11.8 Å². The van der Waals surface area contributed by atoms with Gasteiger partial charge in [0.05, 0.1) is 5.41 Å². The Hall–Kier alpha value is -1.96. The summed E-state index contributed by atoms with van der Waals surface area (Å²) in [5, 5.41) is 7.18. The number of aromatic nitrogens is 2. The van der Waals surface area contributed by atoms with Crippen LogP contribution in [0.1, 0.15) is 51.2 Å². The maximum Gasteiger partial charge on any atom is 0.248 e. The Kier molecular flexibility index (Phi) is 5.83. The number of hydrogen-bond acceptors (Lipinski definition) is 6. The smallest absolute Gasteiger partial charge is 0.248 e. The second kappa shape index (κ2) is 7.96. The van der Waals surface area contributed by atoms with Gasteiger partial charge in [0.25, 0.3) is 0 Å². The van der Waals surface area contributed by atoms with Gasteiger partial charge in [0.1, 0.15) is 6.61 Å². The van der Waals surface area contributed by atoms with Crippen molar-refractivity contribution in [1.29, 1.82) is 0 Å². The summed E-state index contributed by atoms with van der Waals surface area (Å²) in [6.07, 6.45) is 3.20. The van der Waals surface area contributed by atoms with Crippen molar-refractivity contribution >= 4 is 11.8 Å². The third-order valence-electron chi connectivity index (χ3n) is 6.15. The van der Waals surface area contributed by atoms with Crippen molar-refractivity contribution in [3.63, 3.8) is 0 Å². The SMILES string of the molecule is CCC(CC)C(=O)N[C@@H]1CC2CN(C(=O)COC)C[C@@]2(c2nc(C)no2)C1. The van der Waals surface area contributed by atoms with Gasteiger partial charge in [-0.2, -0.15) is 4.98 Å². The van der Waals surface area contributed by atoms with Crippen LogP contribution in [0.3, 0.4) is 0 Å². The molecule has 2 heterocycles. The standard InChI is InChI=1S/C19H30N4O4/c1-5-13(6-2)17(25)21-15-7-14-9-23(16(24)10-26-4)11-19(14,8-15)18-20-12(3)22-27-18/h13-15H,5-11H2,1-4H3,(H,21,25)/t14?,15-,19+/m1/s1. The second-order valence-electron chi connectivity index (χ2n) is 7.87. The normalized spacial score (nSPS) is 27.2. The molecule has 2 amide bonds. The third-order valence-corrected chi connectivity index (χ3v) is 6.15. The summed E-state index contributed by atoms with van der Waals surface area (Å²) in [6.45, 7) is 7.10. The predicted octanol–water partition coefficient (Wildman–Crippen LogP) is 1.44. The fourth-order valence-electron chi connectivity index (χ4n) is 4.69. The Bertz CT molecular complexity index is 687. The highest BCUT2D eigenvalue weighted by atomic mass is 16.5. The molecule has 8 nitrogen and oxygen atoms in total. The lowest BCUT2D eigenvalue weighted by molar-refractivity contribution is -0.134. The maximum absolute atomic E-state index is 12.5. The third kappa shape index (κ3) is 3.72. The summed E-state index contributed by atoms with van der Waals surface area (Å²) in [4.78, 5) is 31.2. The van der Waals surface area contributed by atoms with Gasteiger partial charge in [-0.05, 0) is 38.5 Å². The Morgan fingerprint density at radius 3 is 2.74 bits per heavy atom. The molecular formula is C19H30N4O4. The molecule has 2 fully saturated rings. The highest BCUT2D eigenvalue weighted by molar-refractivity contribution is 5.79. The van der Waals surface area contributed by atoms with Crippen LogP contribution < -0.4 is 5.32 Å². The highest BCUT2D eigenvalue weighted by Crippen LogP contribution is 2.50. The van der Waals surface area contributed by atoms with E-state index < -0.39 is 5.41 Å². The van der Waals surface area contributed by atoms with Crippen molar-refractivity contribution in [2.45, 2.75) is 57.9 Å². The monoisotopic (exact) mass is 378 g/mol. The molecule has 0 spiro atoms.